The van der Waals surface area contributed by atoms with E-state index in [9.17, 15) is 9.59 Å². The fraction of sp³-hybridized carbons (Fsp3) is 0.200. The van der Waals surface area contributed by atoms with Crippen LogP contribution in [0.4, 0.5) is 5.69 Å². The van der Waals surface area contributed by atoms with Crippen LogP contribution >= 0.6 is 11.6 Å². The molecule has 0 spiro atoms. The Morgan fingerprint density at radius 1 is 0.833 bits per heavy atom. The van der Waals surface area contributed by atoms with Gasteiger partial charge in [-0.3, -0.25) is 9.59 Å². The van der Waals surface area contributed by atoms with Crippen LogP contribution in [0.2, 0.25) is 5.02 Å². The highest BCUT2D eigenvalue weighted by atomic mass is 35.5. The predicted octanol–water partition coefficient (Wildman–Crippen LogP) is 4.82. The van der Waals surface area contributed by atoms with Gasteiger partial charge in [0.2, 0.25) is 0 Å². The molecule has 3 aromatic rings. The molecule has 0 radical (unpaired) electrons. The van der Waals surface area contributed by atoms with Crippen molar-refractivity contribution in [3.05, 3.63) is 87.9 Å². The van der Waals surface area contributed by atoms with Gasteiger partial charge in [0.05, 0.1) is 0 Å². The van der Waals surface area contributed by atoms with Gasteiger partial charge in [-0.15, -0.1) is 0 Å². The number of nitrogens with zero attached hydrogens (tertiary/aromatic N) is 2. The maximum absolute atomic E-state index is 13.1. The summed E-state index contributed by atoms with van der Waals surface area (Å²) in [6, 6.07) is 19.0. The molecule has 1 saturated heterocycles. The number of ketones is 1. The van der Waals surface area contributed by atoms with Gasteiger partial charge in [-0.1, -0.05) is 48.0 Å². The molecule has 0 unspecified atom stereocenters. The van der Waals surface area contributed by atoms with Crippen LogP contribution in [0.3, 0.4) is 0 Å². The van der Waals surface area contributed by atoms with Gasteiger partial charge in [0.1, 0.15) is 0 Å². The number of halogens is 1. The number of benzene rings is 3. The fourth-order valence-electron chi connectivity index (χ4n) is 4.42. The highest BCUT2D eigenvalue weighted by Crippen LogP contribution is 2.37. The predicted molar refractivity (Wildman–Crippen MR) is 120 cm³/mol. The van der Waals surface area contributed by atoms with Gasteiger partial charge in [0, 0.05) is 53.6 Å². The number of fused-ring (bicyclic) bond motifs is 3. The van der Waals surface area contributed by atoms with E-state index < -0.39 is 0 Å². The largest absolute Gasteiger partial charge is 0.368 e. The second-order valence-electron chi connectivity index (χ2n) is 7.85. The second-order valence-corrected chi connectivity index (χ2v) is 8.28. The van der Waals surface area contributed by atoms with E-state index in [0.29, 0.717) is 29.8 Å². The number of aryl methyl sites for hydroxylation is 1. The van der Waals surface area contributed by atoms with Crippen LogP contribution in [0.1, 0.15) is 31.8 Å². The zero-order chi connectivity index (χ0) is 20.8. The minimum absolute atomic E-state index is 0.00324. The first kappa shape index (κ1) is 18.9. The molecule has 2 aliphatic rings. The van der Waals surface area contributed by atoms with E-state index in [1.54, 1.807) is 6.07 Å². The summed E-state index contributed by atoms with van der Waals surface area (Å²) in [5, 5.41) is 0.720. The fourth-order valence-corrected chi connectivity index (χ4v) is 4.58. The molecule has 5 heteroatoms. The molecule has 0 aromatic heterocycles. The first-order valence-electron chi connectivity index (χ1n) is 10.1. The third kappa shape index (κ3) is 3.08. The number of hydrogen-bond donors (Lipinski definition) is 0. The first-order chi connectivity index (χ1) is 14.5. The zero-order valence-electron chi connectivity index (χ0n) is 16.7. The molecule has 0 atom stereocenters. The van der Waals surface area contributed by atoms with E-state index in [4.69, 9.17) is 11.6 Å². The molecule has 150 valence electrons. The number of hydrogen-bond acceptors (Lipinski definition) is 3. The van der Waals surface area contributed by atoms with Gasteiger partial charge in [0.15, 0.2) is 5.78 Å². The van der Waals surface area contributed by atoms with Gasteiger partial charge in [-0.2, -0.15) is 0 Å². The molecule has 30 heavy (non-hydrogen) atoms. The monoisotopic (exact) mass is 416 g/mol. The highest BCUT2D eigenvalue weighted by Gasteiger charge is 2.29. The Morgan fingerprint density at radius 3 is 2.30 bits per heavy atom. The quantitative estimate of drug-likeness (QED) is 0.470. The first-order valence-corrected chi connectivity index (χ1v) is 10.5. The van der Waals surface area contributed by atoms with Crippen molar-refractivity contribution in [1.29, 1.82) is 0 Å². The smallest absolute Gasteiger partial charge is 0.253 e. The van der Waals surface area contributed by atoms with E-state index >= 15 is 0 Å². The molecule has 1 aliphatic carbocycles. The minimum atomic E-state index is -0.0241. The van der Waals surface area contributed by atoms with Crippen LogP contribution in [0, 0.1) is 6.92 Å². The molecular weight excluding hydrogens is 396 g/mol. The van der Waals surface area contributed by atoms with Crippen molar-refractivity contribution in [1.82, 2.24) is 4.90 Å². The zero-order valence-corrected chi connectivity index (χ0v) is 17.4. The van der Waals surface area contributed by atoms with E-state index in [1.165, 1.54) is 5.56 Å². The Labute approximate surface area is 180 Å². The van der Waals surface area contributed by atoms with Crippen molar-refractivity contribution >= 4 is 29.0 Å². The molecular formula is C25H21ClN2O2. The molecule has 1 fully saturated rings. The van der Waals surface area contributed by atoms with Gasteiger partial charge in [-0.05, 0) is 47.9 Å². The Morgan fingerprint density at radius 2 is 1.53 bits per heavy atom. The lowest BCUT2D eigenvalue weighted by atomic mass is 10.0. The normalized spacial score (nSPS) is 15.2. The Hall–Kier alpha value is -3.11. The highest BCUT2D eigenvalue weighted by molar-refractivity contribution is 6.30. The summed E-state index contributed by atoms with van der Waals surface area (Å²) >= 11 is 6.17. The summed E-state index contributed by atoms with van der Waals surface area (Å²) < 4.78 is 0. The maximum atomic E-state index is 13.1. The van der Waals surface area contributed by atoms with E-state index in [2.05, 4.69) is 11.8 Å². The van der Waals surface area contributed by atoms with E-state index in [1.807, 2.05) is 59.5 Å². The van der Waals surface area contributed by atoms with Crippen LogP contribution in [-0.4, -0.2) is 42.8 Å². The molecule has 1 aliphatic heterocycles. The third-order valence-corrected chi connectivity index (χ3v) is 6.29. The van der Waals surface area contributed by atoms with E-state index in [-0.39, 0.29) is 11.7 Å². The third-order valence-electron chi connectivity index (χ3n) is 6.05. The van der Waals surface area contributed by atoms with Crippen LogP contribution in [-0.2, 0) is 0 Å². The van der Waals surface area contributed by atoms with E-state index in [0.717, 1.165) is 34.9 Å². The second kappa shape index (κ2) is 7.29. The molecule has 4 nitrogen and oxygen atoms in total. The molecule has 0 N–H and O–H groups in total. The molecule has 1 heterocycles. The summed E-state index contributed by atoms with van der Waals surface area (Å²) in [6.07, 6.45) is 0. The van der Waals surface area contributed by atoms with Crippen molar-refractivity contribution in [3.8, 4) is 11.1 Å². The van der Waals surface area contributed by atoms with Crippen LogP contribution in [0.25, 0.3) is 11.1 Å². The lowest BCUT2D eigenvalue weighted by Gasteiger charge is -2.37. The van der Waals surface area contributed by atoms with Crippen molar-refractivity contribution in [2.75, 3.05) is 31.1 Å². The lowest BCUT2D eigenvalue weighted by molar-refractivity contribution is 0.0747. The molecule has 0 bridgehead atoms. The topological polar surface area (TPSA) is 40.6 Å². The number of amides is 1. The van der Waals surface area contributed by atoms with Gasteiger partial charge in [-0.25, -0.2) is 0 Å². The minimum Gasteiger partial charge on any atom is -0.368 e. The number of anilines is 1. The van der Waals surface area contributed by atoms with Crippen LogP contribution < -0.4 is 4.90 Å². The SMILES string of the molecule is Cc1ccc(Cl)cc1N1CCN(C(=O)c2ccc3c(c2)C(=O)c2ccccc2-3)CC1. The number of piperazine rings is 1. The summed E-state index contributed by atoms with van der Waals surface area (Å²) in [5.41, 5.74) is 6.06. The molecule has 1 amide bonds. The molecule has 0 saturated carbocycles. The standard InChI is InChI=1S/C25H21ClN2O2/c1-16-6-8-18(26)15-23(16)27-10-12-28(13-11-27)25(30)17-7-9-20-19-4-2-3-5-21(19)24(29)22(20)14-17/h2-9,14-15H,10-13H2,1H3. The van der Waals surface area contributed by atoms with Gasteiger partial charge in [0.25, 0.3) is 5.91 Å². The average Bonchev–Trinajstić information content (AvgIpc) is 3.07. The molecule has 5 rings (SSSR count). The number of carbonyl (C=O) groups excluding carboxylic acids is 2. The van der Waals surface area contributed by atoms with Crippen molar-refractivity contribution in [2.45, 2.75) is 6.92 Å². The number of rotatable bonds is 2. The van der Waals surface area contributed by atoms with Crippen molar-refractivity contribution < 1.29 is 9.59 Å². The van der Waals surface area contributed by atoms with Crippen molar-refractivity contribution in [2.24, 2.45) is 0 Å². The van der Waals surface area contributed by atoms with Crippen LogP contribution in [0.15, 0.2) is 60.7 Å². The summed E-state index contributed by atoms with van der Waals surface area (Å²) in [4.78, 5) is 30.0. The number of carbonyl (C=O) groups is 2. The molecule has 3 aromatic carbocycles. The summed E-state index contributed by atoms with van der Waals surface area (Å²) in [5.74, 6) is -0.0273. The summed E-state index contributed by atoms with van der Waals surface area (Å²) in [7, 11) is 0. The van der Waals surface area contributed by atoms with Gasteiger partial charge < -0.3 is 9.80 Å². The van der Waals surface area contributed by atoms with Crippen LogP contribution in [0.5, 0.6) is 0 Å². The average molecular weight is 417 g/mol. The Bertz CT molecular complexity index is 1180. The van der Waals surface area contributed by atoms with Gasteiger partial charge >= 0.3 is 0 Å². The lowest BCUT2D eigenvalue weighted by Crippen LogP contribution is -2.49. The maximum Gasteiger partial charge on any atom is 0.253 e. The summed E-state index contributed by atoms with van der Waals surface area (Å²) in [6.45, 7) is 4.85. The Balaban J connectivity index is 1.34. The van der Waals surface area contributed by atoms with Crippen molar-refractivity contribution in [3.63, 3.8) is 0 Å². The Kier molecular flexibility index (Phi) is 4.59.